The lowest BCUT2D eigenvalue weighted by molar-refractivity contribution is -0.146. The van der Waals surface area contributed by atoms with Gasteiger partial charge in [-0.3, -0.25) is 4.79 Å². The van der Waals surface area contributed by atoms with Crippen molar-refractivity contribution in [3.05, 3.63) is 29.8 Å². The average Bonchev–Trinajstić information content (AvgIpc) is 2.64. The maximum Gasteiger partial charge on any atom is 0.308 e. The number of carbonyl (C=O) groups is 1. The number of nitrogens with zero attached hydrogens (tertiary/aromatic N) is 2. The number of hydrogen-bond acceptors (Lipinski definition) is 4. The predicted octanol–water partition coefficient (Wildman–Crippen LogP) is 3.44. The van der Waals surface area contributed by atoms with Crippen LogP contribution in [0, 0.1) is 5.92 Å². The number of rotatable bonds is 6. The SMILES string of the molecule is CCNC(=NCc1cccc(OC(C)C)c1)N1CCC(C(=O)OC)CC1.I. The number of aliphatic imine (C=N–C) groups is 1. The molecule has 0 spiro atoms. The Morgan fingerprint density at radius 3 is 2.63 bits per heavy atom. The van der Waals surface area contributed by atoms with Crippen molar-refractivity contribution in [2.45, 2.75) is 46.3 Å². The van der Waals surface area contributed by atoms with Crippen molar-refractivity contribution in [1.82, 2.24) is 10.2 Å². The molecule has 1 N–H and O–H groups in total. The molecule has 1 aromatic carbocycles. The Kier molecular flexibility index (Phi) is 10.5. The average molecular weight is 489 g/mol. The van der Waals surface area contributed by atoms with Crippen molar-refractivity contribution in [3.8, 4) is 5.75 Å². The zero-order valence-electron chi connectivity index (χ0n) is 16.7. The highest BCUT2D eigenvalue weighted by Crippen LogP contribution is 2.19. The third kappa shape index (κ3) is 7.56. The second kappa shape index (κ2) is 12.0. The summed E-state index contributed by atoms with van der Waals surface area (Å²) in [5.74, 6) is 1.67. The van der Waals surface area contributed by atoms with Gasteiger partial charge >= 0.3 is 5.97 Å². The van der Waals surface area contributed by atoms with E-state index < -0.39 is 0 Å². The normalized spacial score (nSPS) is 15.3. The van der Waals surface area contributed by atoms with Crippen LogP contribution in [0.5, 0.6) is 5.75 Å². The molecule has 6 nitrogen and oxygen atoms in total. The Labute approximate surface area is 179 Å². The van der Waals surface area contributed by atoms with Gasteiger partial charge in [0, 0.05) is 19.6 Å². The molecule has 0 bridgehead atoms. The second-order valence-electron chi connectivity index (χ2n) is 6.77. The summed E-state index contributed by atoms with van der Waals surface area (Å²) in [6.45, 7) is 9.12. The summed E-state index contributed by atoms with van der Waals surface area (Å²) in [7, 11) is 1.46. The van der Waals surface area contributed by atoms with E-state index >= 15 is 0 Å². The number of piperidine rings is 1. The molecular formula is C20H32IN3O3. The fraction of sp³-hybridized carbons (Fsp3) is 0.600. The number of esters is 1. The summed E-state index contributed by atoms with van der Waals surface area (Å²) in [5, 5.41) is 3.36. The molecule has 0 atom stereocenters. The van der Waals surface area contributed by atoms with Crippen molar-refractivity contribution < 1.29 is 14.3 Å². The van der Waals surface area contributed by atoms with Crippen LogP contribution in [-0.4, -0.2) is 49.7 Å². The Bertz CT molecular complexity index is 614. The van der Waals surface area contributed by atoms with Crippen LogP contribution in [0.4, 0.5) is 0 Å². The molecule has 7 heteroatoms. The first kappa shape index (κ1) is 23.5. The molecule has 0 saturated carbocycles. The lowest BCUT2D eigenvalue weighted by atomic mass is 9.97. The number of carbonyl (C=O) groups excluding carboxylic acids is 1. The summed E-state index contributed by atoms with van der Waals surface area (Å²) < 4.78 is 10.6. The highest BCUT2D eigenvalue weighted by Gasteiger charge is 2.26. The van der Waals surface area contributed by atoms with E-state index in [0.717, 1.165) is 49.7 Å². The lowest BCUT2D eigenvalue weighted by Crippen LogP contribution is -2.46. The molecule has 1 saturated heterocycles. The summed E-state index contributed by atoms with van der Waals surface area (Å²) in [6, 6.07) is 8.06. The molecule has 0 amide bonds. The molecule has 152 valence electrons. The van der Waals surface area contributed by atoms with Crippen LogP contribution in [0.2, 0.25) is 0 Å². The number of likely N-dealkylation sites (tertiary alicyclic amines) is 1. The van der Waals surface area contributed by atoms with Crippen molar-refractivity contribution in [3.63, 3.8) is 0 Å². The second-order valence-corrected chi connectivity index (χ2v) is 6.77. The first-order valence-corrected chi connectivity index (χ1v) is 9.40. The smallest absolute Gasteiger partial charge is 0.308 e. The van der Waals surface area contributed by atoms with Crippen LogP contribution < -0.4 is 10.1 Å². The highest BCUT2D eigenvalue weighted by molar-refractivity contribution is 14.0. The van der Waals surface area contributed by atoms with E-state index in [4.69, 9.17) is 14.5 Å². The number of benzene rings is 1. The van der Waals surface area contributed by atoms with E-state index in [1.807, 2.05) is 32.0 Å². The van der Waals surface area contributed by atoms with E-state index in [1.165, 1.54) is 7.11 Å². The van der Waals surface area contributed by atoms with Gasteiger partial charge in [-0.25, -0.2) is 4.99 Å². The Morgan fingerprint density at radius 2 is 2.04 bits per heavy atom. The molecule has 1 aromatic rings. The Morgan fingerprint density at radius 1 is 1.33 bits per heavy atom. The van der Waals surface area contributed by atoms with Crippen molar-refractivity contribution in [2.75, 3.05) is 26.7 Å². The van der Waals surface area contributed by atoms with Gasteiger partial charge in [0.25, 0.3) is 0 Å². The third-order valence-electron chi connectivity index (χ3n) is 4.35. The van der Waals surface area contributed by atoms with Crippen LogP contribution >= 0.6 is 24.0 Å². The summed E-state index contributed by atoms with van der Waals surface area (Å²) in [5.41, 5.74) is 1.11. The monoisotopic (exact) mass is 489 g/mol. The largest absolute Gasteiger partial charge is 0.491 e. The number of ether oxygens (including phenoxy) is 2. The maximum atomic E-state index is 11.7. The molecule has 1 fully saturated rings. The lowest BCUT2D eigenvalue weighted by Gasteiger charge is -2.33. The summed E-state index contributed by atoms with van der Waals surface area (Å²) >= 11 is 0. The summed E-state index contributed by atoms with van der Waals surface area (Å²) in [6.07, 6.45) is 1.76. The predicted molar refractivity (Wildman–Crippen MR) is 119 cm³/mol. The maximum absolute atomic E-state index is 11.7. The van der Waals surface area contributed by atoms with Gasteiger partial charge in [0.05, 0.1) is 25.7 Å². The van der Waals surface area contributed by atoms with E-state index in [0.29, 0.717) is 6.54 Å². The van der Waals surface area contributed by atoms with Gasteiger partial charge in [-0.1, -0.05) is 12.1 Å². The molecule has 1 aliphatic rings. The van der Waals surface area contributed by atoms with Crippen molar-refractivity contribution >= 4 is 35.9 Å². The van der Waals surface area contributed by atoms with E-state index in [1.54, 1.807) is 0 Å². The molecule has 0 unspecified atom stereocenters. The standard InChI is InChI=1S/C20H31N3O3.HI/c1-5-21-20(23-11-9-17(10-12-23)19(24)25-4)22-14-16-7-6-8-18(13-16)26-15(2)3;/h6-8,13,15,17H,5,9-12,14H2,1-4H3,(H,21,22);1H. The minimum Gasteiger partial charge on any atom is -0.491 e. The van der Waals surface area contributed by atoms with Crippen LogP contribution in [0.3, 0.4) is 0 Å². The van der Waals surface area contributed by atoms with E-state index in [2.05, 4.69) is 23.2 Å². The number of nitrogens with one attached hydrogen (secondary N) is 1. The molecule has 1 heterocycles. The van der Waals surface area contributed by atoms with Gasteiger partial charge in [-0.05, 0) is 51.3 Å². The topological polar surface area (TPSA) is 63.2 Å². The number of guanidine groups is 1. The van der Waals surface area contributed by atoms with Gasteiger partial charge in [0.2, 0.25) is 0 Å². The minimum absolute atomic E-state index is 0. The molecule has 0 aliphatic carbocycles. The highest BCUT2D eigenvalue weighted by atomic mass is 127. The Hall–Kier alpha value is -1.51. The summed E-state index contributed by atoms with van der Waals surface area (Å²) in [4.78, 5) is 18.7. The van der Waals surface area contributed by atoms with Crippen molar-refractivity contribution in [1.29, 1.82) is 0 Å². The van der Waals surface area contributed by atoms with Crippen LogP contribution in [0.15, 0.2) is 29.3 Å². The van der Waals surface area contributed by atoms with E-state index in [-0.39, 0.29) is 42.0 Å². The zero-order chi connectivity index (χ0) is 18.9. The minimum atomic E-state index is -0.103. The number of methoxy groups -OCH3 is 1. The van der Waals surface area contributed by atoms with Crippen molar-refractivity contribution in [2.24, 2.45) is 10.9 Å². The van der Waals surface area contributed by atoms with Crippen LogP contribution in [0.1, 0.15) is 39.2 Å². The molecule has 0 radical (unpaired) electrons. The first-order valence-electron chi connectivity index (χ1n) is 9.40. The molecular weight excluding hydrogens is 457 g/mol. The van der Waals surface area contributed by atoms with Gasteiger partial charge in [-0.15, -0.1) is 24.0 Å². The van der Waals surface area contributed by atoms with Gasteiger partial charge in [0.1, 0.15) is 5.75 Å². The number of halogens is 1. The molecule has 0 aromatic heterocycles. The van der Waals surface area contributed by atoms with E-state index in [9.17, 15) is 4.79 Å². The van der Waals surface area contributed by atoms with Gasteiger partial charge in [0.15, 0.2) is 5.96 Å². The molecule has 27 heavy (non-hydrogen) atoms. The zero-order valence-corrected chi connectivity index (χ0v) is 19.1. The van der Waals surface area contributed by atoms with Crippen LogP contribution in [0.25, 0.3) is 0 Å². The molecule has 2 rings (SSSR count). The number of hydrogen-bond donors (Lipinski definition) is 1. The van der Waals surface area contributed by atoms with Crippen LogP contribution in [-0.2, 0) is 16.1 Å². The van der Waals surface area contributed by atoms with Gasteiger partial charge < -0.3 is 19.7 Å². The fourth-order valence-corrected chi connectivity index (χ4v) is 3.07. The first-order chi connectivity index (χ1) is 12.5. The fourth-order valence-electron chi connectivity index (χ4n) is 3.07. The quantitative estimate of drug-likeness (QED) is 0.287. The third-order valence-corrected chi connectivity index (χ3v) is 4.35. The van der Waals surface area contributed by atoms with Gasteiger partial charge in [-0.2, -0.15) is 0 Å². The molecule has 1 aliphatic heterocycles. The Balaban J connectivity index is 0.00000364.